The van der Waals surface area contributed by atoms with Crippen LogP contribution in [0.1, 0.15) is 15.9 Å². The Morgan fingerprint density at radius 3 is 2.74 bits per heavy atom. The number of hydrogen-bond donors (Lipinski definition) is 2. The predicted octanol–water partition coefficient (Wildman–Crippen LogP) is 2.13. The van der Waals surface area contributed by atoms with Gasteiger partial charge in [0.15, 0.2) is 11.5 Å². The van der Waals surface area contributed by atoms with Gasteiger partial charge in [-0.2, -0.15) is 0 Å². The van der Waals surface area contributed by atoms with Crippen LogP contribution >= 0.6 is 11.6 Å². The van der Waals surface area contributed by atoms with Crippen LogP contribution < -0.4 is 26.0 Å². The van der Waals surface area contributed by atoms with E-state index in [-0.39, 0.29) is 24.0 Å². The molecule has 12 heteroatoms. The molecule has 4 rings (SSSR count). The molecule has 0 atom stereocenters. The summed E-state index contributed by atoms with van der Waals surface area (Å²) in [6, 6.07) is 8.54. The van der Waals surface area contributed by atoms with Gasteiger partial charge in [-0.05, 0) is 29.8 Å². The number of carbonyl (C=O) groups is 1. The Kier molecular flexibility index (Phi) is 5.17. The summed E-state index contributed by atoms with van der Waals surface area (Å²) >= 11 is 5.85. The third-order valence-electron chi connectivity index (χ3n) is 4.49. The van der Waals surface area contributed by atoms with Crippen LogP contribution in [0.4, 0.5) is 11.4 Å². The predicted molar refractivity (Wildman–Crippen MR) is 109 cm³/mol. The van der Waals surface area contributed by atoms with E-state index in [9.17, 15) is 24.5 Å². The number of nitrogens with one attached hydrogen (secondary N) is 2. The molecule has 0 spiro atoms. The number of halogens is 1. The summed E-state index contributed by atoms with van der Waals surface area (Å²) in [6.07, 6.45) is 0.951. The number of amides is 1. The van der Waals surface area contributed by atoms with E-state index in [0.717, 1.165) is 16.8 Å². The number of nitro groups is 1. The third-order valence-corrected chi connectivity index (χ3v) is 4.72. The quantitative estimate of drug-likeness (QED) is 0.452. The van der Waals surface area contributed by atoms with Gasteiger partial charge in [-0.15, -0.1) is 0 Å². The Morgan fingerprint density at radius 1 is 1.19 bits per heavy atom. The lowest BCUT2D eigenvalue weighted by molar-refractivity contribution is -0.383. The summed E-state index contributed by atoms with van der Waals surface area (Å²) in [4.78, 5) is 50.5. The lowest BCUT2D eigenvalue weighted by atomic mass is 10.2. The van der Waals surface area contributed by atoms with Gasteiger partial charge >= 0.3 is 5.69 Å². The van der Waals surface area contributed by atoms with E-state index >= 15 is 0 Å². The molecule has 2 N–H and O–H groups in total. The second-order valence-corrected chi connectivity index (χ2v) is 6.90. The molecule has 1 aliphatic rings. The largest absolute Gasteiger partial charge is 0.454 e. The molecule has 0 radical (unpaired) electrons. The minimum absolute atomic E-state index is 0.0740. The van der Waals surface area contributed by atoms with Crippen LogP contribution in [-0.2, 0) is 6.54 Å². The Balaban J connectivity index is 1.66. The normalized spacial score (nSPS) is 11.9. The molecule has 1 aromatic heterocycles. The maximum atomic E-state index is 12.8. The van der Waals surface area contributed by atoms with Gasteiger partial charge in [-0.25, -0.2) is 4.79 Å². The molecule has 0 saturated heterocycles. The molecule has 0 fully saturated rings. The smallest absolute Gasteiger partial charge is 0.328 e. The Labute approximate surface area is 178 Å². The Hall–Kier alpha value is -4.12. The fraction of sp³-hybridized carbons (Fsp3) is 0.105. The van der Waals surface area contributed by atoms with Crippen LogP contribution in [0, 0.1) is 10.1 Å². The molecule has 3 aromatic rings. The van der Waals surface area contributed by atoms with Crippen LogP contribution in [0.3, 0.4) is 0 Å². The van der Waals surface area contributed by atoms with Crippen molar-refractivity contribution in [2.24, 2.45) is 0 Å². The van der Waals surface area contributed by atoms with Crippen molar-refractivity contribution < 1.29 is 19.2 Å². The topological polar surface area (TPSA) is 146 Å². The van der Waals surface area contributed by atoms with Gasteiger partial charge in [-0.3, -0.25) is 24.3 Å². The first-order valence-electron chi connectivity index (χ1n) is 8.80. The number of H-pyrrole nitrogens is 1. The summed E-state index contributed by atoms with van der Waals surface area (Å²) in [5.41, 5.74) is -2.02. The van der Waals surface area contributed by atoms with Crippen molar-refractivity contribution in [3.63, 3.8) is 0 Å². The number of nitro benzene ring substituents is 1. The number of anilines is 1. The Morgan fingerprint density at radius 2 is 1.97 bits per heavy atom. The number of aromatic amines is 1. The summed E-state index contributed by atoms with van der Waals surface area (Å²) < 4.78 is 11.3. The average Bonchev–Trinajstić information content (AvgIpc) is 3.18. The summed E-state index contributed by atoms with van der Waals surface area (Å²) in [5.74, 6) is 0.0800. The van der Waals surface area contributed by atoms with Gasteiger partial charge < -0.3 is 19.8 Å². The van der Waals surface area contributed by atoms with E-state index in [1.165, 1.54) is 12.1 Å². The number of benzene rings is 2. The van der Waals surface area contributed by atoms with Crippen molar-refractivity contribution in [1.82, 2.24) is 9.55 Å². The third kappa shape index (κ3) is 3.98. The highest BCUT2D eigenvalue weighted by molar-refractivity contribution is 6.31. The van der Waals surface area contributed by atoms with Crippen molar-refractivity contribution in [2.45, 2.75) is 6.54 Å². The van der Waals surface area contributed by atoms with Gasteiger partial charge in [0.2, 0.25) is 6.79 Å². The minimum atomic E-state index is -0.939. The second kappa shape index (κ2) is 7.95. The lowest BCUT2D eigenvalue weighted by Gasteiger charge is -2.09. The van der Waals surface area contributed by atoms with Crippen molar-refractivity contribution in [2.75, 3.05) is 12.1 Å². The summed E-state index contributed by atoms with van der Waals surface area (Å²) in [5, 5.41) is 13.6. The highest BCUT2D eigenvalue weighted by Crippen LogP contribution is 2.32. The molecule has 11 nitrogen and oxygen atoms in total. The van der Waals surface area contributed by atoms with E-state index < -0.39 is 33.3 Å². The van der Waals surface area contributed by atoms with Gasteiger partial charge in [0.05, 0.1) is 11.5 Å². The number of nitrogens with zero attached hydrogens (tertiary/aromatic N) is 2. The highest BCUT2D eigenvalue weighted by atomic mass is 35.5. The van der Waals surface area contributed by atoms with Crippen molar-refractivity contribution in [3.05, 3.63) is 89.7 Å². The van der Waals surface area contributed by atoms with Gasteiger partial charge in [0.25, 0.3) is 17.2 Å². The monoisotopic (exact) mass is 444 g/mol. The van der Waals surface area contributed by atoms with Crippen molar-refractivity contribution in [1.29, 1.82) is 0 Å². The van der Waals surface area contributed by atoms with E-state index in [2.05, 4.69) is 10.3 Å². The molecule has 1 amide bonds. The molecule has 0 aliphatic carbocycles. The fourth-order valence-corrected chi connectivity index (χ4v) is 3.17. The van der Waals surface area contributed by atoms with E-state index in [4.69, 9.17) is 21.1 Å². The number of fused-ring (bicyclic) bond motifs is 1. The van der Waals surface area contributed by atoms with Crippen molar-refractivity contribution >= 4 is 28.9 Å². The molecule has 158 valence electrons. The maximum absolute atomic E-state index is 12.8. The van der Waals surface area contributed by atoms with Gasteiger partial charge in [0.1, 0.15) is 11.3 Å². The zero-order valence-corrected chi connectivity index (χ0v) is 16.3. The number of hydrogen-bond acceptors (Lipinski definition) is 7. The average molecular weight is 445 g/mol. The van der Waals surface area contributed by atoms with Crippen LogP contribution in [0.2, 0.25) is 5.02 Å². The molecule has 0 saturated carbocycles. The lowest BCUT2D eigenvalue weighted by Crippen LogP contribution is -2.39. The van der Waals surface area contributed by atoms with Gasteiger partial charge in [0, 0.05) is 17.3 Å². The summed E-state index contributed by atoms with van der Waals surface area (Å²) in [7, 11) is 0. The molecular weight excluding hydrogens is 432 g/mol. The highest BCUT2D eigenvalue weighted by Gasteiger charge is 2.21. The molecule has 2 aromatic carbocycles. The molecule has 2 heterocycles. The van der Waals surface area contributed by atoms with Crippen LogP contribution in [0.25, 0.3) is 0 Å². The summed E-state index contributed by atoms with van der Waals surface area (Å²) in [6.45, 7) is -0.0617. The standard InChI is InChI=1S/C19H13ClN4O7/c20-11-2-3-14(24(28)29)13(6-11)22-17(25)12-7-21-19(27)23(18(12)26)8-10-1-4-15-16(5-10)31-9-30-15/h1-7H,8-9H2,(H,21,27)(H,22,25). The molecule has 0 unspecified atom stereocenters. The van der Waals surface area contributed by atoms with Gasteiger partial charge in [-0.1, -0.05) is 17.7 Å². The number of aromatic nitrogens is 2. The first-order valence-corrected chi connectivity index (χ1v) is 9.17. The van der Waals surface area contributed by atoms with Crippen molar-refractivity contribution in [3.8, 4) is 11.5 Å². The molecular formula is C19H13ClN4O7. The number of rotatable bonds is 5. The van der Waals surface area contributed by atoms with Crippen LogP contribution in [-0.4, -0.2) is 27.2 Å². The zero-order valence-electron chi connectivity index (χ0n) is 15.6. The van der Waals surface area contributed by atoms with Crippen LogP contribution in [0.5, 0.6) is 11.5 Å². The zero-order chi connectivity index (χ0) is 22.1. The van der Waals surface area contributed by atoms with E-state index in [1.54, 1.807) is 18.2 Å². The molecule has 1 aliphatic heterocycles. The second-order valence-electron chi connectivity index (χ2n) is 6.46. The van der Waals surface area contributed by atoms with Crippen LogP contribution in [0.15, 0.2) is 52.2 Å². The molecule has 0 bridgehead atoms. The first kappa shape index (κ1) is 20.2. The minimum Gasteiger partial charge on any atom is -0.454 e. The van der Waals surface area contributed by atoms with E-state index in [0.29, 0.717) is 17.1 Å². The Bertz CT molecular complexity index is 1330. The maximum Gasteiger partial charge on any atom is 0.328 e. The fourth-order valence-electron chi connectivity index (χ4n) is 3.00. The number of carbonyl (C=O) groups excluding carboxylic acids is 1. The van der Waals surface area contributed by atoms with E-state index in [1.807, 2.05) is 0 Å². The molecule has 31 heavy (non-hydrogen) atoms. The number of ether oxygens (including phenoxy) is 2. The first-order chi connectivity index (χ1) is 14.8. The SMILES string of the molecule is O=C(Nc1cc(Cl)ccc1[N+](=O)[O-])c1c[nH]c(=O)n(Cc2ccc3c(c2)OCO3)c1=O.